The van der Waals surface area contributed by atoms with Gasteiger partial charge >= 0.3 is 6.18 Å². The van der Waals surface area contributed by atoms with Crippen molar-refractivity contribution in [1.82, 2.24) is 0 Å². The van der Waals surface area contributed by atoms with Gasteiger partial charge in [-0.05, 0) is 61.4 Å². The summed E-state index contributed by atoms with van der Waals surface area (Å²) in [6.45, 7) is 5.37. The number of sulfone groups is 1. The number of nitrogens with one attached hydrogen (secondary N) is 1. The van der Waals surface area contributed by atoms with Crippen molar-refractivity contribution >= 4 is 27.1 Å². The molecule has 0 bridgehead atoms. The number of benzene rings is 2. The number of alkyl halides is 3. The molecule has 2 N–H and O–H groups in total. The van der Waals surface area contributed by atoms with Gasteiger partial charge < -0.3 is 10.4 Å². The molecule has 2 aromatic rings. The van der Waals surface area contributed by atoms with Crippen LogP contribution in [0.3, 0.4) is 0 Å². The minimum Gasteiger partial charge on any atom is -0.506 e. The molecule has 2 heterocycles. The molecule has 218 valence electrons. The van der Waals surface area contributed by atoms with Crippen molar-refractivity contribution in [2.45, 2.75) is 58.7 Å². The van der Waals surface area contributed by atoms with Crippen LogP contribution in [0.4, 0.5) is 28.9 Å². The zero-order valence-corrected chi connectivity index (χ0v) is 23.6. The molecule has 1 amide bonds. The number of carbonyl (C=O) groups excluding carboxylic acids is 1. The number of para-hydroxylation sites is 1. The molecule has 41 heavy (non-hydrogen) atoms. The van der Waals surface area contributed by atoms with E-state index in [4.69, 9.17) is 0 Å². The molecular formula is C30H30F4N2O4S. The summed E-state index contributed by atoms with van der Waals surface area (Å²) in [6.07, 6.45) is 0.439. The molecule has 2 aliphatic heterocycles. The lowest BCUT2D eigenvalue weighted by atomic mass is 9.88. The van der Waals surface area contributed by atoms with Crippen LogP contribution >= 0.6 is 0 Å². The average Bonchev–Trinajstić information content (AvgIpc) is 2.99. The third kappa shape index (κ3) is 5.39. The molecule has 0 fully saturated rings. The van der Waals surface area contributed by atoms with Crippen molar-refractivity contribution in [3.63, 3.8) is 0 Å². The number of hydrogen-bond donors (Lipinski definition) is 2. The fourth-order valence-corrected chi connectivity index (χ4v) is 8.23. The number of anilines is 2. The summed E-state index contributed by atoms with van der Waals surface area (Å²) in [5, 5.41) is 13.9. The Hall–Kier alpha value is -3.60. The zero-order valence-electron chi connectivity index (χ0n) is 22.8. The Morgan fingerprint density at radius 3 is 2.59 bits per heavy atom. The van der Waals surface area contributed by atoms with Crippen molar-refractivity contribution in [3.8, 4) is 5.75 Å². The standard InChI is InChI=1S/C30H30F4N2O4S/c1-17-7-4-5-8-18(17)13-25(38)36-23-9-6-10-24(37)26(23)35-22-15-29(2,3)16-41(39,40)28(22)27(36)20-12-11-19(14-21(20)31)30(32,33)34/h5-6,8-12,14,27,35,37H,4,7,13,15-16H2,1-3H3. The highest BCUT2D eigenvalue weighted by Crippen LogP contribution is 2.52. The fourth-order valence-electron chi connectivity index (χ4n) is 5.87. The van der Waals surface area contributed by atoms with Gasteiger partial charge in [0.2, 0.25) is 5.91 Å². The number of amides is 1. The zero-order chi connectivity index (χ0) is 29.9. The van der Waals surface area contributed by atoms with Crippen LogP contribution in [0.25, 0.3) is 0 Å². The van der Waals surface area contributed by atoms with Crippen LogP contribution in [0.1, 0.15) is 63.6 Å². The van der Waals surface area contributed by atoms with Crippen LogP contribution < -0.4 is 10.2 Å². The van der Waals surface area contributed by atoms with Crippen molar-refractivity contribution in [2.24, 2.45) is 5.41 Å². The van der Waals surface area contributed by atoms with E-state index in [1.807, 2.05) is 19.1 Å². The highest BCUT2D eigenvalue weighted by atomic mass is 32.2. The minimum atomic E-state index is -4.83. The van der Waals surface area contributed by atoms with E-state index in [1.165, 1.54) is 18.2 Å². The second kappa shape index (κ2) is 10.0. The maximum absolute atomic E-state index is 15.7. The van der Waals surface area contributed by atoms with Crippen LogP contribution in [0, 0.1) is 11.2 Å². The average molecular weight is 591 g/mol. The van der Waals surface area contributed by atoms with Gasteiger partial charge in [0.25, 0.3) is 0 Å². The van der Waals surface area contributed by atoms with Gasteiger partial charge in [0.05, 0.1) is 28.3 Å². The lowest BCUT2D eigenvalue weighted by Gasteiger charge is -2.38. The second-order valence-corrected chi connectivity index (χ2v) is 13.5. The Morgan fingerprint density at radius 1 is 1.20 bits per heavy atom. The lowest BCUT2D eigenvalue weighted by molar-refractivity contribution is -0.137. The molecule has 3 aliphatic rings. The highest BCUT2D eigenvalue weighted by molar-refractivity contribution is 7.95. The van der Waals surface area contributed by atoms with Crippen molar-refractivity contribution in [2.75, 3.05) is 16.0 Å². The summed E-state index contributed by atoms with van der Waals surface area (Å²) >= 11 is 0. The smallest absolute Gasteiger partial charge is 0.416 e. The van der Waals surface area contributed by atoms with Crippen molar-refractivity contribution in [1.29, 1.82) is 0 Å². The lowest BCUT2D eigenvalue weighted by Crippen LogP contribution is -2.41. The molecule has 0 saturated carbocycles. The largest absolute Gasteiger partial charge is 0.506 e. The number of hydrogen-bond acceptors (Lipinski definition) is 5. The third-order valence-corrected chi connectivity index (χ3v) is 10.0. The predicted octanol–water partition coefficient (Wildman–Crippen LogP) is 7.16. The van der Waals surface area contributed by atoms with E-state index in [1.54, 1.807) is 13.8 Å². The SMILES string of the molecule is CC1=C(CC(=O)N2c3cccc(O)c3NC3=C(C2c2ccc(C(F)(F)F)cc2F)S(=O)(=O)CC(C)(C)C3)C=CCC1. The van der Waals surface area contributed by atoms with Gasteiger partial charge in [-0.3, -0.25) is 9.69 Å². The molecule has 0 spiro atoms. The van der Waals surface area contributed by atoms with E-state index in [2.05, 4.69) is 5.32 Å². The molecule has 1 atom stereocenters. The van der Waals surface area contributed by atoms with Gasteiger partial charge in [0, 0.05) is 11.3 Å². The van der Waals surface area contributed by atoms with Gasteiger partial charge in [0.15, 0.2) is 9.84 Å². The number of phenolic OH excluding ortho intramolecular Hbond substituents is 1. The quantitative estimate of drug-likeness (QED) is 0.293. The second-order valence-electron chi connectivity index (χ2n) is 11.6. The first-order chi connectivity index (χ1) is 19.1. The number of carbonyl (C=O) groups is 1. The fraction of sp³-hybridized carbons (Fsp3) is 0.367. The first-order valence-corrected chi connectivity index (χ1v) is 14.8. The summed E-state index contributed by atoms with van der Waals surface area (Å²) in [5.74, 6) is -2.49. The van der Waals surface area contributed by atoms with Crippen LogP contribution in [0.15, 0.2) is 70.3 Å². The summed E-state index contributed by atoms with van der Waals surface area (Å²) in [5.41, 5.74) is -0.423. The maximum atomic E-state index is 15.7. The summed E-state index contributed by atoms with van der Waals surface area (Å²) in [7, 11) is -4.18. The summed E-state index contributed by atoms with van der Waals surface area (Å²) < 4.78 is 83.9. The summed E-state index contributed by atoms with van der Waals surface area (Å²) in [6, 6.07) is 4.58. The minimum absolute atomic E-state index is 0.0564. The Labute approximate surface area is 236 Å². The number of phenols is 1. The molecule has 0 radical (unpaired) electrons. The molecule has 1 aliphatic carbocycles. The van der Waals surface area contributed by atoms with E-state index in [0.717, 1.165) is 29.4 Å². The van der Waals surface area contributed by atoms with Crippen LogP contribution in [0.5, 0.6) is 5.75 Å². The highest BCUT2D eigenvalue weighted by Gasteiger charge is 2.48. The van der Waals surface area contributed by atoms with Gasteiger partial charge in [0.1, 0.15) is 23.3 Å². The molecule has 1 unspecified atom stereocenters. The van der Waals surface area contributed by atoms with Crippen LogP contribution in [-0.4, -0.2) is 25.2 Å². The van der Waals surface area contributed by atoms with E-state index in [9.17, 15) is 31.5 Å². The number of halogens is 4. The monoisotopic (exact) mass is 590 g/mol. The Kier molecular flexibility index (Phi) is 7.08. The molecule has 0 saturated heterocycles. The summed E-state index contributed by atoms with van der Waals surface area (Å²) in [4.78, 5) is 15.0. The first-order valence-electron chi connectivity index (χ1n) is 13.2. The van der Waals surface area contributed by atoms with Gasteiger partial charge in [-0.1, -0.05) is 43.7 Å². The van der Waals surface area contributed by atoms with E-state index < -0.39 is 50.3 Å². The van der Waals surface area contributed by atoms with Crippen molar-refractivity contribution < 1.29 is 35.9 Å². The topological polar surface area (TPSA) is 86.7 Å². The van der Waals surface area contributed by atoms with Crippen LogP contribution in [0.2, 0.25) is 0 Å². The molecule has 2 aromatic carbocycles. The van der Waals surface area contributed by atoms with Gasteiger partial charge in [-0.15, -0.1) is 0 Å². The Morgan fingerprint density at radius 2 is 1.93 bits per heavy atom. The molecule has 11 heteroatoms. The van der Waals surface area contributed by atoms with E-state index in [0.29, 0.717) is 17.7 Å². The third-order valence-electron chi connectivity index (χ3n) is 7.72. The number of aromatic hydroxyl groups is 1. The first kappa shape index (κ1) is 28.9. The normalized spacial score (nSPS) is 21.6. The Balaban J connectivity index is 1.81. The number of rotatable bonds is 3. The Bertz CT molecular complexity index is 1640. The van der Waals surface area contributed by atoms with Gasteiger partial charge in [-0.25, -0.2) is 12.8 Å². The van der Waals surface area contributed by atoms with E-state index in [-0.39, 0.29) is 46.3 Å². The molecule has 0 aromatic heterocycles. The molecule has 5 rings (SSSR count). The number of allylic oxidation sites excluding steroid dienone is 4. The van der Waals surface area contributed by atoms with Gasteiger partial charge in [-0.2, -0.15) is 13.2 Å². The maximum Gasteiger partial charge on any atom is 0.416 e. The number of fused-ring (bicyclic) bond motifs is 1. The van der Waals surface area contributed by atoms with Crippen molar-refractivity contribution in [3.05, 3.63) is 87.2 Å². The van der Waals surface area contributed by atoms with Crippen LogP contribution in [-0.2, 0) is 20.8 Å². The molecular weight excluding hydrogens is 560 g/mol. The predicted molar refractivity (Wildman–Crippen MR) is 148 cm³/mol. The number of nitrogens with zero attached hydrogens (tertiary/aromatic N) is 1. The molecule has 6 nitrogen and oxygen atoms in total. The van der Waals surface area contributed by atoms with E-state index >= 15 is 4.39 Å².